The molecule has 110 valence electrons. The smallest absolute Gasteiger partial charge is 0.199 e. The van der Waals surface area contributed by atoms with E-state index in [9.17, 15) is 9.59 Å². The average molecular weight is 299 g/mol. The summed E-state index contributed by atoms with van der Waals surface area (Å²) in [4.78, 5) is 25.4. The van der Waals surface area contributed by atoms with Crippen LogP contribution in [-0.4, -0.2) is 0 Å². The topological polar surface area (TPSA) is 46.2 Å². The van der Waals surface area contributed by atoms with Crippen LogP contribution in [0.1, 0.15) is 0 Å². The molecule has 0 unspecified atom stereocenters. The van der Waals surface area contributed by atoms with Crippen LogP contribution in [0.4, 0.5) is 5.69 Å². The predicted octanol–water partition coefficient (Wildman–Crippen LogP) is 2.72. The summed E-state index contributed by atoms with van der Waals surface area (Å²) in [5.74, 6) is 0. The van der Waals surface area contributed by atoms with Gasteiger partial charge in [-0.05, 0) is 17.5 Å². The molecule has 23 heavy (non-hydrogen) atoms. The minimum Gasteiger partial charge on any atom is -0.361 e. The highest BCUT2D eigenvalue weighted by Gasteiger charge is 2.10. The number of rotatable bonds is 2. The second-order valence-electron chi connectivity index (χ2n) is 5.44. The highest BCUT2D eigenvalue weighted by molar-refractivity contribution is 6.09. The minimum atomic E-state index is -0.234. The molecule has 1 N–H and O–H groups in total. The Hall–Kier alpha value is -3.20. The normalized spacial score (nSPS) is 11.0. The number of hydrogen-bond donors (Lipinski definition) is 1. The van der Waals surface area contributed by atoms with Crippen LogP contribution in [0.3, 0.4) is 0 Å². The van der Waals surface area contributed by atoms with Crippen LogP contribution in [0.15, 0.2) is 76.3 Å². The van der Waals surface area contributed by atoms with E-state index in [0.29, 0.717) is 10.8 Å². The van der Waals surface area contributed by atoms with Gasteiger partial charge in [-0.1, -0.05) is 54.6 Å². The van der Waals surface area contributed by atoms with Crippen molar-refractivity contribution in [2.45, 2.75) is 0 Å². The SMILES string of the molecule is O=c1c(=CNc2ccccc2)c(=O)c2cccc3cccc1c32. The second kappa shape index (κ2) is 5.21. The van der Waals surface area contributed by atoms with Gasteiger partial charge in [-0.3, -0.25) is 9.59 Å². The molecule has 0 aliphatic heterocycles. The van der Waals surface area contributed by atoms with Crippen LogP contribution in [0.5, 0.6) is 0 Å². The van der Waals surface area contributed by atoms with Gasteiger partial charge in [-0.25, -0.2) is 0 Å². The highest BCUT2D eigenvalue weighted by Crippen LogP contribution is 2.20. The van der Waals surface area contributed by atoms with E-state index in [0.717, 1.165) is 16.5 Å². The van der Waals surface area contributed by atoms with E-state index in [1.807, 2.05) is 54.6 Å². The molecule has 0 spiro atoms. The first-order valence-electron chi connectivity index (χ1n) is 7.38. The van der Waals surface area contributed by atoms with E-state index in [2.05, 4.69) is 5.32 Å². The van der Waals surface area contributed by atoms with Gasteiger partial charge in [-0.15, -0.1) is 0 Å². The molecule has 0 radical (unpaired) electrons. The Labute approximate surface area is 131 Å². The lowest BCUT2D eigenvalue weighted by molar-refractivity contribution is 1.48. The Bertz CT molecular complexity index is 1100. The molecular weight excluding hydrogens is 286 g/mol. The van der Waals surface area contributed by atoms with Crippen LogP contribution in [0.25, 0.3) is 27.7 Å². The zero-order chi connectivity index (χ0) is 15.8. The van der Waals surface area contributed by atoms with Crippen LogP contribution in [0, 0.1) is 0 Å². The van der Waals surface area contributed by atoms with Gasteiger partial charge in [0.1, 0.15) is 0 Å². The lowest BCUT2D eigenvalue weighted by atomic mass is 9.99. The summed E-state index contributed by atoms with van der Waals surface area (Å²) in [6.07, 6.45) is 1.51. The first-order chi connectivity index (χ1) is 11.3. The molecule has 0 saturated carbocycles. The molecule has 0 saturated heterocycles. The van der Waals surface area contributed by atoms with Crippen molar-refractivity contribution in [3.8, 4) is 0 Å². The zero-order valence-electron chi connectivity index (χ0n) is 12.2. The number of benzene rings is 4. The van der Waals surface area contributed by atoms with Crippen LogP contribution in [0.2, 0.25) is 0 Å². The van der Waals surface area contributed by atoms with Crippen LogP contribution >= 0.6 is 0 Å². The third kappa shape index (κ3) is 2.14. The van der Waals surface area contributed by atoms with Crippen molar-refractivity contribution in [1.29, 1.82) is 0 Å². The van der Waals surface area contributed by atoms with Crippen LogP contribution in [-0.2, 0) is 0 Å². The van der Waals surface area contributed by atoms with E-state index in [1.165, 1.54) is 6.20 Å². The first kappa shape index (κ1) is 13.5. The maximum atomic E-state index is 12.7. The molecule has 0 amide bonds. The summed E-state index contributed by atoms with van der Waals surface area (Å²) >= 11 is 0. The predicted molar refractivity (Wildman–Crippen MR) is 94.9 cm³/mol. The molecule has 3 nitrogen and oxygen atoms in total. The largest absolute Gasteiger partial charge is 0.361 e. The minimum absolute atomic E-state index is 0.167. The number of hydrogen-bond acceptors (Lipinski definition) is 3. The zero-order valence-corrected chi connectivity index (χ0v) is 12.2. The molecular formula is C20H13NO2. The molecule has 0 atom stereocenters. The van der Waals surface area contributed by atoms with Crippen molar-refractivity contribution in [2.24, 2.45) is 0 Å². The van der Waals surface area contributed by atoms with Crippen molar-refractivity contribution in [3.63, 3.8) is 0 Å². The van der Waals surface area contributed by atoms with Gasteiger partial charge < -0.3 is 5.32 Å². The lowest BCUT2D eigenvalue weighted by Crippen LogP contribution is -2.39. The highest BCUT2D eigenvalue weighted by atomic mass is 16.1. The molecule has 0 heterocycles. The fraction of sp³-hybridized carbons (Fsp3) is 0. The Morgan fingerprint density at radius 3 is 1.91 bits per heavy atom. The Balaban J connectivity index is 2.05. The molecule has 4 aromatic rings. The third-order valence-corrected chi connectivity index (χ3v) is 4.04. The molecule has 3 heteroatoms. The van der Waals surface area contributed by atoms with Gasteiger partial charge in [0.2, 0.25) is 0 Å². The van der Waals surface area contributed by atoms with E-state index in [1.54, 1.807) is 12.1 Å². The van der Waals surface area contributed by atoms with Gasteiger partial charge in [0.05, 0.1) is 5.22 Å². The number of anilines is 1. The van der Waals surface area contributed by atoms with Gasteiger partial charge in [-0.2, -0.15) is 0 Å². The molecule has 0 aliphatic carbocycles. The standard InChI is InChI=1S/C20H13NO2/c22-19-15-10-4-6-13-7-5-11-16(18(13)15)20(23)17(19)12-21-14-8-2-1-3-9-14/h1-12,21H. The Kier molecular flexibility index (Phi) is 3.05. The molecule has 0 aliphatic rings. The summed E-state index contributed by atoms with van der Waals surface area (Å²) < 4.78 is 0. The van der Waals surface area contributed by atoms with Crippen molar-refractivity contribution >= 4 is 33.4 Å². The molecule has 4 aromatic carbocycles. The maximum absolute atomic E-state index is 12.7. The monoisotopic (exact) mass is 299 g/mol. The average Bonchev–Trinajstić information content (AvgIpc) is 2.60. The van der Waals surface area contributed by atoms with E-state index < -0.39 is 0 Å². The summed E-state index contributed by atoms with van der Waals surface area (Å²) in [6.45, 7) is 0. The molecule has 0 fully saturated rings. The van der Waals surface area contributed by atoms with E-state index in [4.69, 9.17) is 0 Å². The maximum Gasteiger partial charge on any atom is 0.199 e. The summed E-state index contributed by atoms with van der Waals surface area (Å²) in [6, 6.07) is 20.5. The van der Waals surface area contributed by atoms with Gasteiger partial charge in [0.25, 0.3) is 0 Å². The third-order valence-electron chi connectivity index (χ3n) is 4.04. The van der Waals surface area contributed by atoms with Crippen molar-refractivity contribution in [3.05, 3.63) is 92.4 Å². The van der Waals surface area contributed by atoms with E-state index >= 15 is 0 Å². The number of para-hydroxylation sites is 1. The van der Waals surface area contributed by atoms with E-state index in [-0.39, 0.29) is 16.1 Å². The van der Waals surface area contributed by atoms with Gasteiger partial charge in [0, 0.05) is 28.0 Å². The fourth-order valence-electron chi connectivity index (χ4n) is 2.93. The quantitative estimate of drug-likeness (QED) is 0.619. The lowest BCUT2D eigenvalue weighted by Gasteiger charge is -2.04. The Morgan fingerprint density at radius 1 is 0.696 bits per heavy atom. The summed E-state index contributed by atoms with van der Waals surface area (Å²) in [7, 11) is 0. The molecule has 0 bridgehead atoms. The fourth-order valence-corrected chi connectivity index (χ4v) is 2.93. The van der Waals surface area contributed by atoms with Gasteiger partial charge >= 0.3 is 0 Å². The van der Waals surface area contributed by atoms with Crippen molar-refractivity contribution in [2.75, 3.05) is 5.32 Å². The Morgan fingerprint density at radius 2 is 1.30 bits per heavy atom. The summed E-state index contributed by atoms with van der Waals surface area (Å²) in [5.41, 5.74) is 0.364. The van der Waals surface area contributed by atoms with Crippen molar-refractivity contribution < 1.29 is 0 Å². The number of nitrogens with one attached hydrogen (secondary N) is 1. The van der Waals surface area contributed by atoms with Gasteiger partial charge in [0.15, 0.2) is 10.9 Å². The first-order valence-corrected chi connectivity index (χ1v) is 7.38. The molecule has 4 rings (SSSR count). The summed E-state index contributed by atoms with van der Waals surface area (Å²) in [5, 5.41) is 6.03. The van der Waals surface area contributed by atoms with Crippen molar-refractivity contribution in [1.82, 2.24) is 0 Å². The second-order valence-corrected chi connectivity index (χ2v) is 5.44. The molecule has 0 aromatic heterocycles. The van der Waals surface area contributed by atoms with Crippen LogP contribution < -0.4 is 21.4 Å².